The van der Waals surface area contributed by atoms with E-state index < -0.39 is 0 Å². The summed E-state index contributed by atoms with van der Waals surface area (Å²) in [5, 5.41) is 3.38. The van der Waals surface area contributed by atoms with Crippen molar-refractivity contribution in [3.8, 4) is 0 Å². The van der Waals surface area contributed by atoms with Gasteiger partial charge in [-0.25, -0.2) is 9.97 Å². The van der Waals surface area contributed by atoms with Gasteiger partial charge in [-0.15, -0.1) is 0 Å². The summed E-state index contributed by atoms with van der Waals surface area (Å²) in [7, 11) is 0. The van der Waals surface area contributed by atoms with E-state index in [0.29, 0.717) is 5.92 Å². The highest BCUT2D eigenvalue weighted by Crippen LogP contribution is 2.29. The maximum absolute atomic E-state index is 4.68. The molecule has 102 valence electrons. The van der Waals surface area contributed by atoms with E-state index in [1.54, 1.807) is 0 Å². The van der Waals surface area contributed by atoms with Crippen LogP contribution in [-0.2, 0) is 6.42 Å². The zero-order valence-electron chi connectivity index (χ0n) is 11.9. The minimum Gasteiger partial charge on any atom is -0.369 e. The lowest BCUT2D eigenvalue weighted by molar-refractivity contribution is 0.722. The van der Waals surface area contributed by atoms with Crippen molar-refractivity contribution in [1.29, 1.82) is 0 Å². The Morgan fingerprint density at radius 2 is 1.89 bits per heavy atom. The number of rotatable bonds is 7. The molecule has 18 heavy (non-hydrogen) atoms. The van der Waals surface area contributed by atoms with E-state index in [9.17, 15) is 0 Å². The number of nitrogens with one attached hydrogen (secondary N) is 1. The molecule has 1 aromatic rings. The topological polar surface area (TPSA) is 37.8 Å². The van der Waals surface area contributed by atoms with Gasteiger partial charge in [0.05, 0.1) is 10.2 Å². The molecule has 1 rings (SSSR count). The number of hydrogen-bond acceptors (Lipinski definition) is 3. The van der Waals surface area contributed by atoms with Crippen molar-refractivity contribution in [3.63, 3.8) is 0 Å². The number of anilines is 1. The van der Waals surface area contributed by atoms with Crippen LogP contribution in [0, 0.1) is 0 Å². The molecular weight excluding hydrogens is 290 g/mol. The third-order valence-corrected chi connectivity index (χ3v) is 3.55. The second-order valence-corrected chi connectivity index (χ2v) is 5.67. The molecule has 0 bridgehead atoms. The Hall–Kier alpha value is -0.640. The van der Waals surface area contributed by atoms with E-state index in [2.05, 4.69) is 58.9 Å². The van der Waals surface area contributed by atoms with Crippen LogP contribution in [0.5, 0.6) is 0 Å². The van der Waals surface area contributed by atoms with Crippen molar-refractivity contribution >= 4 is 21.7 Å². The summed E-state index contributed by atoms with van der Waals surface area (Å²) in [6.07, 6.45) is 4.38. The molecule has 1 N–H and O–H groups in total. The van der Waals surface area contributed by atoms with Gasteiger partial charge >= 0.3 is 0 Å². The molecule has 0 saturated heterocycles. The first kappa shape index (κ1) is 15.4. The molecule has 0 aliphatic rings. The highest BCUT2D eigenvalue weighted by molar-refractivity contribution is 9.10. The Labute approximate surface area is 119 Å². The van der Waals surface area contributed by atoms with Crippen molar-refractivity contribution in [1.82, 2.24) is 9.97 Å². The van der Waals surface area contributed by atoms with E-state index in [-0.39, 0.29) is 0 Å². The van der Waals surface area contributed by atoms with Crippen LogP contribution in [0.1, 0.15) is 64.4 Å². The molecule has 0 aliphatic heterocycles. The van der Waals surface area contributed by atoms with Crippen LogP contribution < -0.4 is 5.32 Å². The normalized spacial score (nSPS) is 11.0. The lowest BCUT2D eigenvalue weighted by atomic mass is 10.1. The highest BCUT2D eigenvalue weighted by Gasteiger charge is 2.14. The lowest BCUT2D eigenvalue weighted by Crippen LogP contribution is -2.10. The molecule has 0 spiro atoms. The maximum atomic E-state index is 4.68. The summed E-state index contributed by atoms with van der Waals surface area (Å²) < 4.78 is 1.02. The van der Waals surface area contributed by atoms with Gasteiger partial charge in [-0.2, -0.15) is 0 Å². The van der Waals surface area contributed by atoms with Crippen molar-refractivity contribution in [3.05, 3.63) is 16.0 Å². The first-order valence-electron chi connectivity index (χ1n) is 6.90. The molecule has 0 fully saturated rings. The minimum absolute atomic E-state index is 0.407. The summed E-state index contributed by atoms with van der Waals surface area (Å²) in [6, 6.07) is 0. The summed E-state index contributed by atoms with van der Waals surface area (Å²) in [5.41, 5.74) is 1.11. The quantitative estimate of drug-likeness (QED) is 0.803. The van der Waals surface area contributed by atoms with E-state index >= 15 is 0 Å². The van der Waals surface area contributed by atoms with Crippen molar-refractivity contribution in [2.24, 2.45) is 0 Å². The summed E-state index contributed by atoms with van der Waals surface area (Å²) >= 11 is 3.63. The van der Waals surface area contributed by atoms with Gasteiger partial charge in [-0.05, 0) is 34.7 Å². The fourth-order valence-corrected chi connectivity index (χ4v) is 2.48. The SMILES string of the molecule is CCCCc1nc(NCCC)c(Br)c(C(C)C)n1. The molecule has 1 aromatic heterocycles. The highest BCUT2D eigenvalue weighted by atomic mass is 79.9. The monoisotopic (exact) mass is 313 g/mol. The van der Waals surface area contributed by atoms with Crippen LogP contribution in [0.15, 0.2) is 4.47 Å². The maximum Gasteiger partial charge on any atom is 0.144 e. The number of aromatic nitrogens is 2. The van der Waals surface area contributed by atoms with Gasteiger partial charge in [-0.1, -0.05) is 34.1 Å². The third-order valence-electron chi connectivity index (χ3n) is 2.77. The fourth-order valence-electron chi connectivity index (χ4n) is 1.70. The Morgan fingerprint density at radius 3 is 2.44 bits per heavy atom. The first-order chi connectivity index (χ1) is 8.60. The van der Waals surface area contributed by atoms with Crippen molar-refractivity contribution in [2.75, 3.05) is 11.9 Å². The average Bonchev–Trinajstić information content (AvgIpc) is 2.35. The number of hydrogen-bond donors (Lipinski definition) is 1. The van der Waals surface area contributed by atoms with E-state index in [0.717, 1.165) is 47.6 Å². The second-order valence-electron chi connectivity index (χ2n) is 4.87. The molecular formula is C14H24BrN3. The molecule has 3 nitrogen and oxygen atoms in total. The molecule has 0 atom stereocenters. The Bertz CT molecular complexity index is 378. The van der Waals surface area contributed by atoms with Crippen LogP contribution in [0.25, 0.3) is 0 Å². The predicted molar refractivity (Wildman–Crippen MR) is 81.2 cm³/mol. The number of unbranched alkanes of at least 4 members (excludes halogenated alkanes) is 1. The van der Waals surface area contributed by atoms with Gasteiger partial charge < -0.3 is 5.32 Å². The zero-order chi connectivity index (χ0) is 13.5. The van der Waals surface area contributed by atoms with Crippen molar-refractivity contribution < 1.29 is 0 Å². The fraction of sp³-hybridized carbons (Fsp3) is 0.714. The molecule has 0 aromatic carbocycles. The molecule has 1 heterocycles. The van der Waals surface area contributed by atoms with Crippen LogP contribution in [0.4, 0.5) is 5.82 Å². The van der Waals surface area contributed by atoms with E-state index in [1.165, 1.54) is 6.42 Å². The van der Waals surface area contributed by atoms with Gasteiger partial charge in [-0.3, -0.25) is 0 Å². The van der Waals surface area contributed by atoms with Gasteiger partial charge in [0.15, 0.2) is 0 Å². The first-order valence-corrected chi connectivity index (χ1v) is 7.69. The van der Waals surface area contributed by atoms with E-state index in [4.69, 9.17) is 0 Å². The van der Waals surface area contributed by atoms with Crippen LogP contribution in [-0.4, -0.2) is 16.5 Å². The Kier molecular flexibility index (Phi) is 6.61. The third kappa shape index (κ3) is 4.23. The molecule has 0 unspecified atom stereocenters. The molecule has 0 saturated carbocycles. The lowest BCUT2D eigenvalue weighted by Gasteiger charge is -2.14. The average molecular weight is 314 g/mol. The molecule has 0 aliphatic carbocycles. The van der Waals surface area contributed by atoms with Crippen LogP contribution in [0.3, 0.4) is 0 Å². The summed E-state index contributed by atoms with van der Waals surface area (Å²) in [4.78, 5) is 9.30. The minimum atomic E-state index is 0.407. The predicted octanol–water partition coefficient (Wildman–Crippen LogP) is 4.53. The Balaban J connectivity index is 3.02. The smallest absolute Gasteiger partial charge is 0.144 e. The van der Waals surface area contributed by atoms with Gasteiger partial charge in [0.25, 0.3) is 0 Å². The zero-order valence-corrected chi connectivity index (χ0v) is 13.5. The van der Waals surface area contributed by atoms with Gasteiger partial charge in [0.1, 0.15) is 11.6 Å². The molecule has 4 heteroatoms. The second kappa shape index (κ2) is 7.72. The van der Waals surface area contributed by atoms with Gasteiger partial charge in [0.2, 0.25) is 0 Å². The van der Waals surface area contributed by atoms with Crippen LogP contribution in [0.2, 0.25) is 0 Å². The standard InChI is InChI=1S/C14H24BrN3/c1-5-7-8-11-17-13(10(3)4)12(15)14(18-11)16-9-6-2/h10H,5-9H2,1-4H3,(H,16,17,18). The number of halogens is 1. The molecule has 0 amide bonds. The van der Waals surface area contributed by atoms with E-state index in [1.807, 2.05) is 0 Å². The number of nitrogens with zero attached hydrogens (tertiary/aromatic N) is 2. The van der Waals surface area contributed by atoms with Crippen LogP contribution >= 0.6 is 15.9 Å². The summed E-state index contributed by atoms with van der Waals surface area (Å²) in [5.74, 6) is 2.31. The van der Waals surface area contributed by atoms with Gasteiger partial charge in [0, 0.05) is 13.0 Å². The Morgan fingerprint density at radius 1 is 1.17 bits per heavy atom. The van der Waals surface area contributed by atoms with Crippen molar-refractivity contribution in [2.45, 2.75) is 59.3 Å². The number of aryl methyl sites for hydroxylation is 1. The largest absolute Gasteiger partial charge is 0.369 e. The molecule has 0 radical (unpaired) electrons. The summed E-state index contributed by atoms with van der Waals surface area (Å²) in [6.45, 7) is 9.63.